The Hall–Kier alpha value is -2.97. The average Bonchev–Trinajstić information content (AvgIpc) is 2.76. The van der Waals surface area contributed by atoms with E-state index in [1.54, 1.807) is 24.4 Å². The van der Waals surface area contributed by atoms with Gasteiger partial charge >= 0.3 is 0 Å². The normalized spacial score (nSPS) is 15.1. The highest BCUT2D eigenvalue weighted by molar-refractivity contribution is 6.04. The van der Waals surface area contributed by atoms with Crippen LogP contribution in [0.25, 0.3) is 0 Å². The number of hydrogen-bond donors (Lipinski definition) is 3. The Bertz CT molecular complexity index is 894. The standard InChI is InChI=1S/C22H29N5O3/c1-3-19(18-5-4-16(2)14-20(18)28)25-26-22(29)17-6-7-23-21(15-17)24-8-9-27-10-12-30-13-11-27/h4-7,14-15,28H,3,8-13H2,1-2H3,(H,23,24)(H,26,29)/b25-19-. The molecule has 1 aliphatic rings. The van der Waals surface area contributed by atoms with Crippen molar-refractivity contribution in [2.45, 2.75) is 20.3 Å². The largest absolute Gasteiger partial charge is 0.507 e. The summed E-state index contributed by atoms with van der Waals surface area (Å²) in [6.45, 7) is 8.88. The lowest BCUT2D eigenvalue weighted by Gasteiger charge is -2.26. The third-order valence-electron chi connectivity index (χ3n) is 4.95. The molecule has 1 fully saturated rings. The summed E-state index contributed by atoms with van der Waals surface area (Å²) in [6.07, 6.45) is 2.17. The van der Waals surface area contributed by atoms with Crippen LogP contribution in [0.15, 0.2) is 41.6 Å². The fourth-order valence-corrected chi connectivity index (χ4v) is 3.23. The summed E-state index contributed by atoms with van der Waals surface area (Å²) in [5, 5.41) is 17.7. The van der Waals surface area contributed by atoms with Gasteiger partial charge in [-0.1, -0.05) is 13.0 Å². The Balaban J connectivity index is 1.59. The summed E-state index contributed by atoms with van der Waals surface area (Å²) < 4.78 is 5.35. The van der Waals surface area contributed by atoms with Crippen LogP contribution in [0.5, 0.6) is 5.75 Å². The summed E-state index contributed by atoms with van der Waals surface area (Å²) in [5.41, 5.74) is 5.23. The number of nitrogens with zero attached hydrogens (tertiary/aromatic N) is 3. The van der Waals surface area contributed by atoms with E-state index in [9.17, 15) is 9.90 Å². The van der Waals surface area contributed by atoms with E-state index < -0.39 is 0 Å². The fourth-order valence-electron chi connectivity index (χ4n) is 3.23. The summed E-state index contributed by atoms with van der Waals surface area (Å²) in [6, 6.07) is 8.74. The molecule has 1 aromatic heterocycles. The molecule has 0 saturated carbocycles. The maximum Gasteiger partial charge on any atom is 0.271 e. The van der Waals surface area contributed by atoms with Crippen molar-refractivity contribution in [2.75, 3.05) is 44.7 Å². The molecule has 2 heterocycles. The predicted molar refractivity (Wildman–Crippen MR) is 117 cm³/mol. The number of hydrazone groups is 1. The van der Waals surface area contributed by atoms with Crippen LogP contribution in [0.2, 0.25) is 0 Å². The molecule has 1 aromatic carbocycles. The Labute approximate surface area is 177 Å². The molecule has 0 aliphatic carbocycles. The summed E-state index contributed by atoms with van der Waals surface area (Å²) in [4.78, 5) is 19.2. The van der Waals surface area contributed by atoms with E-state index in [4.69, 9.17) is 4.74 Å². The topological polar surface area (TPSA) is 99.1 Å². The molecule has 8 heteroatoms. The minimum absolute atomic E-state index is 0.153. The van der Waals surface area contributed by atoms with E-state index in [2.05, 4.69) is 25.7 Å². The second-order valence-electron chi connectivity index (χ2n) is 7.18. The van der Waals surface area contributed by atoms with Crippen molar-refractivity contribution < 1.29 is 14.6 Å². The van der Waals surface area contributed by atoms with E-state index in [-0.39, 0.29) is 11.7 Å². The third kappa shape index (κ3) is 6.01. The van der Waals surface area contributed by atoms with Gasteiger partial charge in [-0.15, -0.1) is 0 Å². The second kappa shape index (κ2) is 10.7. The van der Waals surface area contributed by atoms with Crippen LogP contribution in [-0.4, -0.2) is 66.0 Å². The number of hydrogen-bond acceptors (Lipinski definition) is 7. The van der Waals surface area contributed by atoms with Crippen LogP contribution < -0.4 is 10.7 Å². The van der Waals surface area contributed by atoms with Gasteiger partial charge in [0.2, 0.25) is 0 Å². The summed E-state index contributed by atoms with van der Waals surface area (Å²) in [7, 11) is 0. The van der Waals surface area contributed by atoms with Crippen molar-refractivity contribution in [1.82, 2.24) is 15.3 Å². The molecule has 3 N–H and O–H groups in total. The first-order valence-corrected chi connectivity index (χ1v) is 10.2. The zero-order valence-electron chi connectivity index (χ0n) is 17.5. The molecule has 160 valence electrons. The van der Waals surface area contributed by atoms with Crippen LogP contribution >= 0.6 is 0 Å². The van der Waals surface area contributed by atoms with Gasteiger partial charge in [-0.3, -0.25) is 9.69 Å². The number of ether oxygens (including phenoxy) is 1. The monoisotopic (exact) mass is 411 g/mol. The molecule has 30 heavy (non-hydrogen) atoms. The lowest BCUT2D eigenvalue weighted by atomic mass is 10.1. The number of benzene rings is 1. The average molecular weight is 412 g/mol. The van der Waals surface area contributed by atoms with Crippen molar-refractivity contribution in [3.05, 3.63) is 53.2 Å². The zero-order valence-corrected chi connectivity index (χ0v) is 17.5. The van der Waals surface area contributed by atoms with E-state index in [1.165, 1.54) is 0 Å². The maximum absolute atomic E-state index is 12.6. The molecule has 1 saturated heterocycles. The molecular formula is C22H29N5O3. The van der Waals surface area contributed by atoms with Crippen LogP contribution in [0.3, 0.4) is 0 Å². The number of phenols is 1. The minimum atomic E-state index is -0.328. The number of pyridine rings is 1. The maximum atomic E-state index is 12.6. The Morgan fingerprint density at radius 3 is 2.80 bits per heavy atom. The number of carbonyl (C=O) groups excluding carboxylic acids is 1. The molecule has 0 bridgehead atoms. The van der Waals surface area contributed by atoms with Gasteiger partial charge in [0, 0.05) is 43.5 Å². The van der Waals surface area contributed by atoms with Crippen LogP contribution in [0.4, 0.5) is 5.82 Å². The number of morpholine rings is 1. The summed E-state index contributed by atoms with van der Waals surface area (Å²) in [5.74, 6) is 0.471. The highest BCUT2D eigenvalue weighted by Gasteiger charge is 2.12. The number of anilines is 1. The van der Waals surface area contributed by atoms with Crippen molar-refractivity contribution >= 4 is 17.4 Å². The number of amides is 1. The predicted octanol–water partition coefficient (Wildman–Crippen LogP) is 2.38. The number of aryl methyl sites for hydroxylation is 1. The molecule has 0 spiro atoms. The highest BCUT2D eigenvalue weighted by atomic mass is 16.5. The molecule has 8 nitrogen and oxygen atoms in total. The Morgan fingerprint density at radius 2 is 2.07 bits per heavy atom. The van der Waals surface area contributed by atoms with E-state index in [1.807, 2.05) is 26.0 Å². The van der Waals surface area contributed by atoms with Crippen molar-refractivity contribution in [2.24, 2.45) is 5.10 Å². The molecular weight excluding hydrogens is 382 g/mol. The van der Waals surface area contributed by atoms with E-state index in [0.717, 1.165) is 45.0 Å². The number of phenolic OH excluding ortho intramolecular Hbond substituents is 1. The van der Waals surface area contributed by atoms with Crippen molar-refractivity contribution in [1.29, 1.82) is 0 Å². The molecule has 2 aromatic rings. The first kappa shape index (κ1) is 21.7. The van der Waals surface area contributed by atoms with Crippen molar-refractivity contribution in [3.8, 4) is 5.75 Å². The van der Waals surface area contributed by atoms with E-state index in [0.29, 0.717) is 29.1 Å². The Morgan fingerprint density at radius 1 is 1.27 bits per heavy atom. The minimum Gasteiger partial charge on any atom is -0.507 e. The quantitative estimate of drug-likeness (QED) is 0.456. The first-order valence-electron chi connectivity index (χ1n) is 10.2. The molecule has 1 amide bonds. The fraction of sp³-hybridized carbons (Fsp3) is 0.409. The van der Waals surface area contributed by atoms with Crippen molar-refractivity contribution in [3.63, 3.8) is 0 Å². The number of rotatable bonds is 8. The smallest absolute Gasteiger partial charge is 0.271 e. The molecule has 0 atom stereocenters. The zero-order chi connectivity index (χ0) is 21.3. The number of aromatic nitrogens is 1. The van der Waals surface area contributed by atoms with Gasteiger partial charge < -0.3 is 15.2 Å². The van der Waals surface area contributed by atoms with Crippen LogP contribution in [0.1, 0.15) is 34.8 Å². The van der Waals surface area contributed by atoms with Gasteiger partial charge in [0.25, 0.3) is 5.91 Å². The summed E-state index contributed by atoms with van der Waals surface area (Å²) >= 11 is 0. The van der Waals surface area contributed by atoms with Crippen LogP contribution in [-0.2, 0) is 4.74 Å². The second-order valence-corrected chi connectivity index (χ2v) is 7.18. The van der Waals surface area contributed by atoms with Gasteiger partial charge in [-0.05, 0) is 43.2 Å². The van der Waals surface area contributed by atoms with E-state index >= 15 is 0 Å². The lowest BCUT2D eigenvalue weighted by molar-refractivity contribution is 0.0398. The Kier molecular flexibility index (Phi) is 7.75. The highest BCUT2D eigenvalue weighted by Crippen LogP contribution is 2.20. The van der Waals surface area contributed by atoms with Crippen LogP contribution in [0, 0.1) is 6.92 Å². The van der Waals surface area contributed by atoms with Gasteiger partial charge in [0.15, 0.2) is 0 Å². The SMILES string of the molecule is CC/C(=N/NC(=O)c1ccnc(NCCN2CCOCC2)c1)c1ccc(C)cc1O. The first-order chi connectivity index (χ1) is 14.6. The number of carbonyl (C=O) groups is 1. The van der Waals surface area contributed by atoms with Gasteiger partial charge in [0.05, 0.1) is 18.9 Å². The van der Waals surface area contributed by atoms with Gasteiger partial charge in [-0.25, -0.2) is 10.4 Å². The lowest BCUT2D eigenvalue weighted by Crippen LogP contribution is -2.39. The number of nitrogens with one attached hydrogen (secondary N) is 2. The van der Waals surface area contributed by atoms with Gasteiger partial charge in [-0.2, -0.15) is 5.10 Å². The third-order valence-corrected chi connectivity index (χ3v) is 4.95. The van der Waals surface area contributed by atoms with Gasteiger partial charge in [0.1, 0.15) is 11.6 Å². The molecule has 3 rings (SSSR count). The molecule has 0 unspecified atom stereocenters. The molecule has 1 aliphatic heterocycles. The molecule has 0 radical (unpaired) electrons. The number of aromatic hydroxyl groups is 1.